The number of sulfonamides is 1. The van der Waals surface area contributed by atoms with Crippen molar-refractivity contribution in [3.63, 3.8) is 0 Å². The number of amides is 5. The Morgan fingerprint density at radius 1 is 1.02 bits per heavy atom. The van der Waals surface area contributed by atoms with Crippen LogP contribution in [0.4, 0.5) is 14.0 Å². The van der Waals surface area contributed by atoms with Crippen molar-refractivity contribution in [1.82, 2.24) is 25.2 Å². The molecule has 282 valence electrons. The summed E-state index contributed by atoms with van der Waals surface area (Å²) in [5.74, 6) is -3.07. The van der Waals surface area contributed by atoms with Gasteiger partial charge in [0, 0.05) is 30.9 Å². The van der Waals surface area contributed by atoms with Crippen molar-refractivity contribution < 1.29 is 51.0 Å². The zero-order valence-electron chi connectivity index (χ0n) is 28.7. The average molecular weight is 746 g/mol. The summed E-state index contributed by atoms with van der Waals surface area (Å²) in [6.07, 6.45) is 5.15. The van der Waals surface area contributed by atoms with Crippen LogP contribution in [0.3, 0.4) is 0 Å². The molecule has 15 nitrogen and oxygen atoms in total. The number of benzene rings is 1. The molecule has 3 N–H and O–H groups in total. The number of hydrogen-bond acceptors (Lipinski definition) is 10. The topological polar surface area (TPSA) is 190 Å². The number of carbonyl (C=O) groups excluding carboxylic acids is 5. The maximum absolute atomic E-state index is 14.4. The first-order chi connectivity index (χ1) is 24.9. The average Bonchev–Trinajstić information content (AvgIpc) is 3.88. The maximum Gasteiger partial charge on any atom is 0.410 e. The van der Waals surface area contributed by atoms with Crippen LogP contribution in [0.1, 0.15) is 75.3 Å². The number of halogens is 1. The van der Waals surface area contributed by atoms with E-state index in [1.54, 1.807) is 12.1 Å². The Kier molecular flexibility index (Phi) is 10.2. The molecule has 6 atom stereocenters. The van der Waals surface area contributed by atoms with Crippen LogP contribution in [0, 0.1) is 11.7 Å². The lowest BCUT2D eigenvalue weighted by atomic mass is 10.0. The number of hydrogen-bond donors (Lipinski definition) is 3. The van der Waals surface area contributed by atoms with Gasteiger partial charge in [-0.25, -0.2) is 22.4 Å². The second kappa shape index (κ2) is 14.6. The molecule has 1 unspecified atom stereocenters. The van der Waals surface area contributed by atoms with Crippen LogP contribution >= 0.6 is 0 Å². The minimum absolute atomic E-state index is 0.00341. The van der Waals surface area contributed by atoms with Gasteiger partial charge in [0.2, 0.25) is 21.8 Å². The van der Waals surface area contributed by atoms with Gasteiger partial charge in [0.15, 0.2) is 0 Å². The minimum Gasteiger partial charge on any atom is -0.444 e. The molecule has 0 radical (unpaired) electrons. The number of allylic oxidation sites excluding steroid dienone is 1. The number of nitrogens with zero attached hydrogens (tertiary/aromatic N) is 2. The highest BCUT2D eigenvalue weighted by atomic mass is 32.2. The summed E-state index contributed by atoms with van der Waals surface area (Å²) in [5.41, 5.74) is -0.524. The monoisotopic (exact) mass is 745 g/mol. The molecule has 17 heteroatoms. The fourth-order valence-electron chi connectivity index (χ4n) is 7.51. The van der Waals surface area contributed by atoms with Crippen LogP contribution in [-0.2, 0) is 51.7 Å². The van der Waals surface area contributed by atoms with Gasteiger partial charge in [-0.3, -0.25) is 24.0 Å². The summed E-state index contributed by atoms with van der Waals surface area (Å²) in [6.45, 7) is 0.622. The van der Waals surface area contributed by atoms with Crippen molar-refractivity contribution in [3.05, 3.63) is 47.3 Å². The molecule has 0 bridgehead atoms. The highest BCUT2D eigenvalue weighted by Gasteiger charge is 2.62. The van der Waals surface area contributed by atoms with Crippen LogP contribution in [-0.4, -0.2) is 103 Å². The minimum atomic E-state index is -3.92. The molecule has 52 heavy (non-hydrogen) atoms. The Balaban J connectivity index is 1.12. The summed E-state index contributed by atoms with van der Waals surface area (Å²) in [5, 5.41) is 4.80. The van der Waals surface area contributed by atoms with Crippen LogP contribution in [0.15, 0.2) is 30.4 Å². The van der Waals surface area contributed by atoms with Crippen molar-refractivity contribution in [2.75, 3.05) is 19.8 Å². The number of fused-ring (bicyclic) bond motifs is 3. The Morgan fingerprint density at radius 2 is 1.85 bits per heavy atom. The number of ether oxygens (including phenoxy) is 3. The summed E-state index contributed by atoms with van der Waals surface area (Å²) < 4.78 is 58.7. The molecule has 4 heterocycles. The standard InChI is InChI=1S/C35H44FN5O10S/c36-27-9-6-7-21-17-40(19-26(21)27)34(46)51-24-15-29-30(42)38-35(32(44)39-52(47,48)25-11-12-25)16-22(35)8-4-2-1-3-5-10-28(31(43)41(29)18-24)37-33(45)50-23-13-14-49-20-23/h4,6-9,22-25,28-29H,1-3,5,10-20H2,(H,37,45)(H,38,42)(H,39,44)/b8-4-/t22-,23?,24+,28-,29-,35+/m0/s1. The summed E-state index contributed by atoms with van der Waals surface area (Å²) in [7, 11) is -3.92. The molecule has 0 spiro atoms. The van der Waals surface area contributed by atoms with Gasteiger partial charge in [0.25, 0.3) is 5.91 Å². The lowest BCUT2D eigenvalue weighted by Gasteiger charge is -2.30. The number of carbonyl (C=O) groups is 5. The van der Waals surface area contributed by atoms with E-state index in [0.29, 0.717) is 49.8 Å². The van der Waals surface area contributed by atoms with E-state index in [1.165, 1.54) is 15.9 Å². The summed E-state index contributed by atoms with van der Waals surface area (Å²) in [4.78, 5) is 71.0. The van der Waals surface area contributed by atoms with Gasteiger partial charge in [0.05, 0.1) is 31.6 Å². The quantitative estimate of drug-likeness (QED) is 0.364. The summed E-state index contributed by atoms with van der Waals surface area (Å²) >= 11 is 0. The van der Waals surface area contributed by atoms with Crippen molar-refractivity contribution >= 4 is 39.9 Å². The Labute approximate surface area is 301 Å². The molecule has 7 rings (SSSR count). The van der Waals surface area contributed by atoms with E-state index in [-0.39, 0.29) is 45.5 Å². The van der Waals surface area contributed by atoms with Crippen molar-refractivity contribution in [3.8, 4) is 0 Å². The van der Waals surface area contributed by atoms with Crippen molar-refractivity contribution in [1.29, 1.82) is 0 Å². The first-order valence-electron chi connectivity index (χ1n) is 18.1. The van der Waals surface area contributed by atoms with E-state index < -0.39 is 86.7 Å². The predicted molar refractivity (Wildman–Crippen MR) is 180 cm³/mol. The van der Waals surface area contributed by atoms with E-state index in [4.69, 9.17) is 14.2 Å². The molecule has 2 saturated heterocycles. The predicted octanol–water partition coefficient (Wildman–Crippen LogP) is 2.13. The fourth-order valence-corrected chi connectivity index (χ4v) is 8.87. The zero-order chi connectivity index (χ0) is 36.6. The van der Waals surface area contributed by atoms with E-state index in [9.17, 15) is 36.8 Å². The molecule has 2 saturated carbocycles. The maximum atomic E-state index is 14.4. The zero-order valence-corrected chi connectivity index (χ0v) is 29.5. The van der Waals surface area contributed by atoms with E-state index in [2.05, 4.69) is 15.4 Å². The number of rotatable bonds is 6. The molecular formula is C35H44FN5O10S. The number of nitrogens with one attached hydrogen (secondary N) is 3. The van der Waals surface area contributed by atoms with Gasteiger partial charge in [-0.05, 0) is 50.2 Å². The van der Waals surface area contributed by atoms with Crippen LogP contribution in [0.25, 0.3) is 0 Å². The molecule has 1 aromatic rings. The fraction of sp³-hybridized carbons (Fsp3) is 0.629. The molecule has 5 amide bonds. The third-order valence-electron chi connectivity index (χ3n) is 10.7. The highest BCUT2D eigenvalue weighted by Crippen LogP contribution is 2.46. The van der Waals surface area contributed by atoms with Crippen molar-refractivity contribution in [2.24, 2.45) is 5.92 Å². The van der Waals surface area contributed by atoms with E-state index in [0.717, 1.165) is 12.8 Å². The molecule has 0 aromatic heterocycles. The normalized spacial score (nSPS) is 31.2. The van der Waals surface area contributed by atoms with Crippen LogP contribution in [0.2, 0.25) is 0 Å². The van der Waals surface area contributed by atoms with Gasteiger partial charge >= 0.3 is 12.2 Å². The Morgan fingerprint density at radius 3 is 2.60 bits per heavy atom. The first kappa shape index (κ1) is 36.1. The van der Waals surface area contributed by atoms with E-state index in [1.807, 2.05) is 12.2 Å². The lowest BCUT2D eigenvalue weighted by molar-refractivity contribution is -0.141. The largest absolute Gasteiger partial charge is 0.444 e. The molecule has 6 aliphatic rings. The van der Waals surface area contributed by atoms with Gasteiger partial charge in [0.1, 0.15) is 35.6 Å². The second-order valence-corrected chi connectivity index (χ2v) is 16.5. The molecule has 4 fully saturated rings. The van der Waals surface area contributed by atoms with Crippen LogP contribution in [0.5, 0.6) is 0 Å². The van der Waals surface area contributed by atoms with Gasteiger partial charge < -0.3 is 29.7 Å². The van der Waals surface area contributed by atoms with Crippen molar-refractivity contribution in [2.45, 2.75) is 112 Å². The molecule has 2 aliphatic carbocycles. The third-order valence-corrected chi connectivity index (χ3v) is 12.6. The van der Waals surface area contributed by atoms with Crippen LogP contribution < -0.4 is 15.4 Å². The Bertz CT molecular complexity index is 1750. The molecule has 1 aromatic carbocycles. The highest BCUT2D eigenvalue weighted by molar-refractivity contribution is 7.91. The van der Waals surface area contributed by atoms with Gasteiger partial charge in [-0.15, -0.1) is 0 Å². The van der Waals surface area contributed by atoms with E-state index >= 15 is 0 Å². The third kappa shape index (κ3) is 7.75. The lowest BCUT2D eigenvalue weighted by Crippen LogP contribution is -2.58. The SMILES string of the molecule is O=C(N[C@H]1CCCCC/C=C\[C@H]2C[C@@]2(C(=O)NS(=O)(=O)C2CC2)NC(=O)[C@@H]2C[C@@H](OC(=O)N3Cc4cccc(F)c4C3)CN2C1=O)OC1CCOC1. The summed E-state index contributed by atoms with van der Waals surface area (Å²) in [6, 6.07) is 2.29. The smallest absolute Gasteiger partial charge is 0.410 e. The second-order valence-electron chi connectivity index (χ2n) is 14.6. The Hall–Kier alpha value is -4.25. The molecular weight excluding hydrogens is 701 g/mol. The number of alkyl carbamates (subject to hydrolysis) is 1. The first-order valence-corrected chi connectivity index (χ1v) is 19.6. The van der Waals surface area contributed by atoms with Gasteiger partial charge in [-0.2, -0.15) is 0 Å². The molecule has 4 aliphatic heterocycles. The van der Waals surface area contributed by atoms with Gasteiger partial charge in [-0.1, -0.05) is 37.1 Å².